The van der Waals surface area contributed by atoms with Gasteiger partial charge in [0.2, 0.25) is 0 Å². The zero-order chi connectivity index (χ0) is 17.2. The van der Waals surface area contributed by atoms with E-state index in [1.165, 1.54) is 22.5 Å². The van der Waals surface area contributed by atoms with E-state index in [9.17, 15) is 4.79 Å². The molecule has 4 rings (SSSR count). The van der Waals surface area contributed by atoms with E-state index in [4.69, 9.17) is 9.15 Å². The van der Waals surface area contributed by atoms with Crippen LogP contribution in [-0.4, -0.2) is 36.4 Å². The fraction of sp³-hybridized carbons (Fsp3) is 0.333. The van der Waals surface area contributed by atoms with Crippen LogP contribution < -0.4 is 4.90 Å². The number of amides is 1. The van der Waals surface area contributed by atoms with Crippen LogP contribution >= 0.6 is 23.1 Å². The van der Waals surface area contributed by atoms with Gasteiger partial charge in [0.25, 0.3) is 5.91 Å². The van der Waals surface area contributed by atoms with Crippen molar-refractivity contribution >= 4 is 44.4 Å². The Hall–Kier alpha value is -1.83. The lowest BCUT2D eigenvalue weighted by atomic mass is 10.2. The number of anilines is 1. The molecule has 5 nitrogen and oxygen atoms in total. The summed E-state index contributed by atoms with van der Waals surface area (Å²) in [5, 5.41) is 0.685. The molecule has 1 aliphatic rings. The molecule has 1 fully saturated rings. The highest BCUT2D eigenvalue weighted by Crippen LogP contribution is 2.33. The zero-order valence-corrected chi connectivity index (χ0v) is 15.4. The number of benzene rings is 1. The van der Waals surface area contributed by atoms with E-state index in [2.05, 4.69) is 17.1 Å². The van der Waals surface area contributed by atoms with Gasteiger partial charge in [0.15, 0.2) is 10.9 Å². The molecule has 1 atom stereocenters. The molecule has 3 heterocycles. The summed E-state index contributed by atoms with van der Waals surface area (Å²) in [6, 6.07) is 9.57. The van der Waals surface area contributed by atoms with Gasteiger partial charge in [0.05, 0.1) is 29.1 Å². The smallest absolute Gasteiger partial charge is 0.295 e. The first kappa shape index (κ1) is 16.6. The first-order valence-electron chi connectivity index (χ1n) is 8.16. The highest BCUT2D eigenvalue weighted by molar-refractivity contribution is 7.98. The van der Waals surface area contributed by atoms with E-state index < -0.39 is 0 Å². The first-order valence-corrected chi connectivity index (χ1v) is 10.2. The van der Waals surface area contributed by atoms with Crippen LogP contribution in [0.3, 0.4) is 0 Å². The van der Waals surface area contributed by atoms with E-state index in [0.29, 0.717) is 17.4 Å². The summed E-state index contributed by atoms with van der Waals surface area (Å²) in [4.78, 5) is 20.5. The summed E-state index contributed by atoms with van der Waals surface area (Å²) in [6.45, 7) is 1.25. The Labute approximate surface area is 154 Å². The largest absolute Gasteiger partial charge is 0.459 e. The number of hydrogen-bond donors (Lipinski definition) is 0. The predicted octanol–water partition coefficient (Wildman–Crippen LogP) is 4.44. The van der Waals surface area contributed by atoms with Gasteiger partial charge in [-0.05, 0) is 49.4 Å². The standard InChI is InChI=1S/C18H18N2O3S2/c1-24-13-6-7-14-16(10-13)25-18(19-14)20(11-12-4-2-8-22-12)17(21)15-5-3-9-23-15/h3,5-7,9-10,12H,2,4,8,11H2,1H3/t12-/m1/s1. The number of carbonyl (C=O) groups is 1. The van der Waals surface area contributed by atoms with Crippen molar-refractivity contribution in [1.82, 2.24) is 4.98 Å². The third kappa shape index (κ3) is 3.44. The first-order chi connectivity index (χ1) is 12.2. The van der Waals surface area contributed by atoms with E-state index >= 15 is 0 Å². The van der Waals surface area contributed by atoms with Crippen molar-refractivity contribution in [3.63, 3.8) is 0 Å². The third-order valence-corrected chi connectivity index (χ3v) is 5.97. The number of hydrogen-bond acceptors (Lipinski definition) is 6. The normalized spacial score (nSPS) is 17.2. The number of carbonyl (C=O) groups excluding carboxylic acids is 1. The van der Waals surface area contributed by atoms with Gasteiger partial charge in [-0.2, -0.15) is 0 Å². The van der Waals surface area contributed by atoms with Gasteiger partial charge >= 0.3 is 0 Å². The Morgan fingerprint density at radius 1 is 1.44 bits per heavy atom. The average molecular weight is 374 g/mol. The average Bonchev–Trinajstić information content (AvgIpc) is 3.39. The summed E-state index contributed by atoms with van der Waals surface area (Å²) < 4.78 is 12.1. The molecular weight excluding hydrogens is 356 g/mol. The molecule has 1 saturated heterocycles. The summed E-state index contributed by atoms with van der Waals surface area (Å²) in [7, 11) is 0. The lowest BCUT2D eigenvalue weighted by Gasteiger charge is -2.22. The summed E-state index contributed by atoms with van der Waals surface area (Å²) >= 11 is 3.22. The number of thioether (sulfide) groups is 1. The third-order valence-electron chi connectivity index (χ3n) is 4.20. The minimum absolute atomic E-state index is 0.0488. The molecule has 0 N–H and O–H groups in total. The fourth-order valence-electron chi connectivity index (χ4n) is 2.91. The van der Waals surface area contributed by atoms with Crippen LogP contribution in [0.15, 0.2) is 45.9 Å². The number of furan rings is 1. The van der Waals surface area contributed by atoms with Crippen LogP contribution in [0.1, 0.15) is 23.4 Å². The highest BCUT2D eigenvalue weighted by Gasteiger charge is 2.28. The van der Waals surface area contributed by atoms with Crippen LogP contribution in [-0.2, 0) is 4.74 Å². The molecular formula is C18H18N2O3S2. The second kappa shape index (κ2) is 7.19. The molecule has 130 valence electrons. The number of rotatable bonds is 5. The molecule has 0 spiro atoms. The second-order valence-electron chi connectivity index (χ2n) is 5.86. The molecule has 0 radical (unpaired) electrons. The molecule has 7 heteroatoms. The number of fused-ring (bicyclic) bond motifs is 1. The van der Waals surface area contributed by atoms with Crippen LogP contribution in [0.5, 0.6) is 0 Å². The monoisotopic (exact) mass is 374 g/mol. The van der Waals surface area contributed by atoms with Crippen LogP contribution in [0.2, 0.25) is 0 Å². The minimum atomic E-state index is -0.176. The Kier molecular flexibility index (Phi) is 4.78. The molecule has 3 aromatic rings. The summed E-state index contributed by atoms with van der Waals surface area (Å²) in [6.07, 6.45) is 5.61. The minimum Gasteiger partial charge on any atom is -0.459 e. The van der Waals surface area contributed by atoms with Gasteiger partial charge in [-0.15, -0.1) is 11.8 Å². The van der Waals surface area contributed by atoms with Gasteiger partial charge < -0.3 is 9.15 Å². The molecule has 1 amide bonds. The van der Waals surface area contributed by atoms with Crippen molar-refractivity contribution in [1.29, 1.82) is 0 Å². The Bertz CT molecular complexity index is 870. The van der Waals surface area contributed by atoms with Crippen LogP contribution in [0.25, 0.3) is 10.2 Å². The molecule has 2 aromatic heterocycles. The van der Waals surface area contributed by atoms with Crippen molar-refractivity contribution in [2.45, 2.75) is 23.8 Å². The number of ether oxygens (including phenoxy) is 1. The number of thiazole rings is 1. The quantitative estimate of drug-likeness (QED) is 0.618. The van der Waals surface area contributed by atoms with Crippen molar-refractivity contribution < 1.29 is 13.9 Å². The topological polar surface area (TPSA) is 55.6 Å². The Morgan fingerprint density at radius 3 is 3.08 bits per heavy atom. The molecule has 0 bridgehead atoms. The Balaban J connectivity index is 1.69. The second-order valence-corrected chi connectivity index (χ2v) is 7.75. The predicted molar refractivity (Wildman–Crippen MR) is 101 cm³/mol. The zero-order valence-electron chi connectivity index (χ0n) is 13.8. The highest BCUT2D eigenvalue weighted by atomic mass is 32.2. The van der Waals surface area contributed by atoms with Crippen molar-refractivity contribution in [2.75, 3.05) is 24.3 Å². The van der Waals surface area contributed by atoms with Gasteiger partial charge in [-0.1, -0.05) is 11.3 Å². The fourth-order valence-corrected chi connectivity index (χ4v) is 4.44. The van der Waals surface area contributed by atoms with Crippen LogP contribution in [0, 0.1) is 0 Å². The molecule has 0 unspecified atom stereocenters. The van der Waals surface area contributed by atoms with E-state index in [1.54, 1.807) is 28.8 Å². The van der Waals surface area contributed by atoms with Gasteiger partial charge in [0, 0.05) is 11.5 Å². The number of aromatic nitrogens is 1. The maximum absolute atomic E-state index is 12.9. The lowest BCUT2D eigenvalue weighted by Crippen LogP contribution is -2.37. The van der Waals surface area contributed by atoms with E-state index in [1.807, 2.05) is 12.3 Å². The molecule has 1 aromatic carbocycles. The maximum Gasteiger partial charge on any atom is 0.295 e. The van der Waals surface area contributed by atoms with Crippen molar-refractivity contribution in [2.24, 2.45) is 0 Å². The SMILES string of the molecule is CSc1ccc2nc(N(C[C@H]3CCCO3)C(=O)c3ccco3)sc2c1. The Morgan fingerprint density at radius 2 is 2.36 bits per heavy atom. The van der Waals surface area contributed by atoms with Crippen molar-refractivity contribution in [3.05, 3.63) is 42.4 Å². The maximum atomic E-state index is 12.9. The van der Waals surface area contributed by atoms with E-state index in [0.717, 1.165) is 29.7 Å². The van der Waals surface area contributed by atoms with Crippen molar-refractivity contribution in [3.8, 4) is 0 Å². The van der Waals surface area contributed by atoms with E-state index in [-0.39, 0.29) is 12.0 Å². The lowest BCUT2D eigenvalue weighted by molar-refractivity contribution is 0.0895. The van der Waals surface area contributed by atoms with Crippen LogP contribution in [0.4, 0.5) is 5.13 Å². The molecule has 25 heavy (non-hydrogen) atoms. The summed E-state index contributed by atoms with van der Waals surface area (Å²) in [5.41, 5.74) is 0.905. The molecule has 0 saturated carbocycles. The summed E-state index contributed by atoms with van der Waals surface area (Å²) in [5.74, 6) is 0.145. The number of nitrogens with zero attached hydrogens (tertiary/aromatic N) is 2. The van der Waals surface area contributed by atoms with Gasteiger partial charge in [0.1, 0.15) is 0 Å². The van der Waals surface area contributed by atoms with Gasteiger partial charge in [-0.25, -0.2) is 4.98 Å². The molecule has 1 aliphatic heterocycles. The van der Waals surface area contributed by atoms with Gasteiger partial charge in [-0.3, -0.25) is 9.69 Å². The molecule has 0 aliphatic carbocycles.